The summed E-state index contributed by atoms with van der Waals surface area (Å²) in [5, 5.41) is 0. The Bertz CT molecular complexity index is 677. The summed E-state index contributed by atoms with van der Waals surface area (Å²) < 4.78 is 0. The number of carbonyl (C=O) groups excluding carboxylic acids is 2. The van der Waals surface area contributed by atoms with Crippen LogP contribution in [-0.2, 0) is 0 Å². The summed E-state index contributed by atoms with van der Waals surface area (Å²) in [7, 11) is 0. The number of hydrogen-bond acceptors (Lipinski definition) is 4. The molecule has 0 aromatic heterocycles. The van der Waals surface area contributed by atoms with Crippen molar-refractivity contribution in [2.75, 3.05) is 5.43 Å². The van der Waals surface area contributed by atoms with Crippen molar-refractivity contribution in [2.45, 2.75) is 0 Å². The highest BCUT2D eigenvalue weighted by Crippen LogP contribution is 2.28. The van der Waals surface area contributed by atoms with Crippen molar-refractivity contribution in [3.05, 3.63) is 64.7 Å². The van der Waals surface area contributed by atoms with E-state index in [-0.39, 0.29) is 11.6 Å². The highest BCUT2D eigenvalue weighted by molar-refractivity contribution is 6.28. The second-order valence-electron chi connectivity index (χ2n) is 4.11. The molecule has 2 aromatic carbocycles. The van der Waals surface area contributed by atoms with Gasteiger partial charge in [0.15, 0.2) is 11.6 Å². The lowest BCUT2D eigenvalue weighted by Gasteiger charge is -2.17. The Morgan fingerprint density at radius 2 is 1.33 bits per heavy atom. The first kappa shape index (κ1) is 10.7. The molecular formula is C14H10N2O2. The van der Waals surface area contributed by atoms with Gasteiger partial charge in [0.2, 0.25) is 0 Å². The Hall–Kier alpha value is -2.46. The van der Waals surface area contributed by atoms with Gasteiger partial charge in [0.05, 0.1) is 0 Å². The van der Waals surface area contributed by atoms with E-state index in [4.69, 9.17) is 5.84 Å². The van der Waals surface area contributed by atoms with Gasteiger partial charge in [-0.25, -0.2) is 0 Å². The molecule has 0 saturated carbocycles. The Kier molecular flexibility index (Phi) is 2.25. The lowest BCUT2D eigenvalue weighted by atomic mass is 9.84. The predicted molar refractivity (Wildman–Crippen MR) is 67.6 cm³/mol. The van der Waals surface area contributed by atoms with Crippen LogP contribution in [0.1, 0.15) is 31.8 Å². The smallest absolute Gasteiger partial charge is 0.194 e. The molecule has 1 aliphatic rings. The van der Waals surface area contributed by atoms with Gasteiger partial charge in [0.1, 0.15) is 0 Å². The van der Waals surface area contributed by atoms with Crippen LogP contribution >= 0.6 is 0 Å². The summed E-state index contributed by atoms with van der Waals surface area (Å²) in [6.07, 6.45) is 0. The van der Waals surface area contributed by atoms with E-state index in [9.17, 15) is 9.59 Å². The highest BCUT2D eigenvalue weighted by Gasteiger charge is 2.29. The van der Waals surface area contributed by atoms with Gasteiger partial charge in [-0.05, 0) is 18.2 Å². The molecule has 0 aliphatic heterocycles. The molecule has 0 saturated heterocycles. The molecule has 2 aromatic rings. The van der Waals surface area contributed by atoms with Crippen molar-refractivity contribution in [3.8, 4) is 0 Å². The zero-order chi connectivity index (χ0) is 12.7. The van der Waals surface area contributed by atoms with Gasteiger partial charge in [0, 0.05) is 27.9 Å². The monoisotopic (exact) mass is 238 g/mol. The Labute approximate surface area is 103 Å². The van der Waals surface area contributed by atoms with Crippen LogP contribution in [0.15, 0.2) is 42.5 Å². The average molecular weight is 238 g/mol. The SMILES string of the molecule is NNc1ccc2c(c1)C(=O)c1ccccc1C2=O. The standard InChI is InChI=1S/C14H10N2O2/c15-16-8-5-6-11-12(7-8)14(18)10-4-2-1-3-9(10)13(11)17/h1-7,16H,15H2. The van der Waals surface area contributed by atoms with Crippen molar-refractivity contribution < 1.29 is 9.59 Å². The summed E-state index contributed by atoms with van der Waals surface area (Å²) in [5.41, 5.74) is 4.81. The number of nitrogens with two attached hydrogens (primary N) is 1. The second kappa shape index (κ2) is 3.78. The molecular weight excluding hydrogens is 228 g/mol. The topological polar surface area (TPSA) is 72.2 Å². The van der Waals surface area contributed by atoms with Crippen LogP contribution in [-0.4, -0.2) is 11.6 Å². The van der Waals surface area contributed by atoms with Gasteiger partial charge in [-0.1, -0.05) is 24.3 Å². The molecule has 18 heavy (non-hydrogen) atoms. The second-order valence-corrected chi connectivity index (χ2v) is 4.11. The van der Waals surface area contributed by atoms with Crippen molar-refractivity contribution in [1.82, 2.24) is 0 Å². The van der Waals surface area contributed by atoms with E-state index in [0.29, 0.717) is 27.9 Å². The molecule has 4 heteroatoms. The molecule has 3 rings (SSSR count). The minimum absolute atomic E-state index is 0.122. The molecule has 0 unspecified atom stereocenters. The van der Waals surface area contributed by atoms with Gasteiger partial charge < -0.3 is 5.43 Å². The Morgan fingerprint density at radius 1 is 0.778 bits per heavy atom. The van der Waals surface area contributed by atoms with Gasteiger partial charge in [-0.15, -0.1) is 0 Å². The summed E-state index contributed by atoms with van der Waals surface area (Å²) in [4.78, 5) is 24.6. The van der Waals surface area contributed by atoms with Crippen molar-refractivity contribution in [2.24, 2.45) is 5.84 Å². The summed E-state index contributed by atoms with van der Waals surface area (Å²) in [6, 6.07) is 11.8. The molecule has 3 N–H and O–H groups in total. The normalized spacial score (nSPS) is 12.9. The third kappa shape index (κ3) is 1.36. The number of hydrogen-bond donors (Lipinski definition) is 2. The Balaban J connectivity index is 2.27. The largest absolute Gasteiger partial charge is 0.324 e. The first-order chi connectivity index (χ1) is 8.72. The molecule has 0 heterocycles. The number of nitrogens with one attached hydrogen (secondary N) is 1. The van der Waals surface area contributed by atoms with E-state index < -0.39 is 0 Å². The molecule has 0 fully saturated rings. The van der Waals surface area contributed by atoms with Crippen molar-refractivity contribution in [3.63, 3.8) is 0 Å². The lowest BCUT2D eigenvalue weighted by Crippen LogP contribution is -2.21. The number of carbonyl (C=O) groups is 2. The maximum absolute atomic E-state index is 12.3. The zero-order valence-electron chi connectivity index (χ0n) is 9.44. The predicted octanol–water partition coefficient (Wildman–Crippen LogP) is 1.75. The van der Waals surface area contributed by atoms with E-state index >= 15 is 0 Å². The molecule has 4 nitrogen and oxygen atoms in total. The fraction of sp³-hybridized carbons (Fsp3) is 0. The van der Waals surface area contributed by atoms with Crippen LogP contribution in [0.2, 0.25) is 0 Å². The van der Waals surface area contributed by atoms with Crippen molar-refractivity contribution in [1.29, 1.82) is 0 Å². The number of nitrogen functional groups attached to an aromatic ring is 1. The maximum Gasteiger partial charge on any atom is 0.194 e. The minimum atomic E-state index is -0.141. The minimum Gasteiger partial charge on any atom is -0.324 e. The zero-order valence-corrected chi connectivity index (χ0v) is 9.44. The molecule has 0 bridgehead atoms. The Morgan fingerprint density at radius 3 is 1.94 bits per heavy atom. The first-order valence-electron chi connectivity index (χ1n) is 5.51. The summed E-state index contributed by atoms with van der Waals surface area (Å²) >= 11 is 0. The van der Waals surface area contributed by atoms with Gasteiger partial charge in [-0.2, -0.15) is 0 Å². The van der Waals surface area contributed by atoms with E-state index in [1.54, 1.807) is 42.5 Å². The number of anilines is 1. The molecule has 0 amide bonds. The number of hydrazine groups is 1. The van der Waals surface area contributed by atoms with Crippen molar-refractivity contribution >= 4 is 17.3 Å². The van der Waals surface area contributed by atoms with Crippen LogP contribution in [0, 0.1) is 0 Å². The first-order valence-corrected chi connectivity index (χ1v) is 5.51. The number of fused-ring (bicyclic) bond motifs is 2. The third-order valence-electron chi connectivity index (χ3n) is 3.09. The third-order valence-corrected chi connectivity index (χ3v) is 3.09. The quantitative estimate of drug-likeness (QED) is 0.500. The van der Waals surface area contributed by atoms with E-state index in [1.165, 1.54) is 0 Å². The van der Waals surface area contributed by atoms with E-state index in [2.05, 4.69) is 5.43 Å². The van der Waals surface area contributed by atoms with Crippen LogP contribution in [0.5, 0.6) is 0 Å². The van der Waals surface area contributed by atoms with Crippen LogP contribution < -0.4 is 11.3 Å². The summed E-state index contributed by atoms with van der Waals surface area (Å²) in [6.45, 7) is 0. The fourth-order valence-electron chi connectivity index (χ4n) is 2.19. The number of benzene rings is 2. The molecule has 0 radical (unpaired) electrons. The van der Waals surface area contributed by atoms with Crippen LogP contribution in [0.3, 0.4) is 0 Å². The fourth-order valence-corrected chi connectivity index (χ4v) is 2.19. The van der Waals surface area contributed by atoms with Crippen LogP contribution in [0.4, 0.5) is 5.69 Å². The van der Waals surface area contributed by atoms with Gasteiger partial charge in [0.25, 0.3) is 0 Å². The number of rotatable bonds is 1. The molecule has 1 aliphatic carbocycles. The molecule has 0 atom stereocenters. The summed E-state index contributed by atoms with van der Waals surface area (Å²) in [5.74, 6) is 5.05. The van der Waals surface area contributed by atoms with Gasteiger partial charge >= 0.3 is 0 Å². The molecule has 88 valence electrons. The number of ketones is 2. The average Bonchev–Trinajstić information content (AvgIpc) is 2.44. The van der Waals surface area contributed by atoms with Gasteiger partial charge in [-0.3, -0.25) is 15.4 Å². The maximum atomic E-state index is 12.3. The van der Waals surface area contributed by atoms with E-state index in [0.717, 1.165) is 0 Å². The highest BCUT2D eigenvalue weighted by atomic mass is 16.1. The molecule has 0 spiro atoms. The van der Waals surface area contributed by atoms with E-state index in [1.807, 2.05) is 0 Å². The lowest BCUT2D eigenvalue weighted by molar-refractivity contribution is 0.0979. The van der Waals surface area contributed by atoms with Crippen LogP contribution in [0.25, 0.3) is 0 Å².